The first-order valence-corrected chi connectivity index (χ1v) is 14.8. The summed E-state index contributed by atoms with van der Waals surface area (Å²) in [4.78, 5) is 10.5. The molecule has 4 rings (SSSR count). The van der Waals surface area contributed by atoms with Gasteiger partial charge in [-0.05, 0) is 67.9 Å². The Hall–Kier alpha value is -2.67. The molecule has 6 heteroatoms. The van der Waals surface area contributed by atoms with Crippen LogP contribution in [0.15, 0.2) is 66.4 Å². The van der Waals surface area contributed by atoms with Gasteiger partial charge in [-0.15, -0.1) is 0 Å². The second-order valence-electron chi connectivity index (χ2n) is 10.6. The van der Waals surface area contributed by atoms with Gasteiger partial charge in [-0.2, -0.15) is 0 Å². The maximum absolute atomic E-state index is 6.51. The van der Waals surface area contributed by atoms with Gasteiger partial charge in [0.1, 0.15) is 18.5 Å². The highest BCUT2D eigenvalue weighted by atomic mass is 28.4. The number of benzene rings is 2. The Morgan fingerprint density at radius 3 is 2.50 bits per heavy atom. The third-order valence-electron chi connectivity index (χ3n) is 6.88. The maximum Gasteiger partial charge on any atom is 0.192 e. The Kier molecular flexibility index (Phi) is 6.85. The zero-order chi connectivity index (χ0) is 24.5. The van der Waals surface area contributed by atoms with Crippen LogP contribution in [0, 0.1) is 6.92 Å². The molecule has 0 aliphatic carbocycles. The maximum atomic E-state index is 6.51. The van der Waals surface area contributed by atoms with Crippen LogP contribution in [0.2, 0.25) is 18.1 Å². The number of nitrogens with one attached hydrogen (secondary N) is 1. The standard InChI is InChI=1S/C28H36N2O3Si/c1-19-16-22(24-10-8-9-11-25(24)29-19)18-31-23-14-12-21(13-15-23)27-17-26(30-32-27)20(2)33-34(6,7)28(3,4)5/h8-17,20,27,30H,18H2,1-7H3. The molecule has 5 nitrogen and oxygen atoms in total. The fourth-order valence-electron chi connectivity index (χ4n) is 3.86. The van der Waals surface area contributed by atoms with Gasteiger partial charge in [0.05, 0.1) is 17.3 Å². The van der Waals surface area contributed by atoms with E-state index in [-0.39, 0.29) is 17.2 Å². The SMILES string of the molecule is Cc1cc(COc2ccc(C3C=C(C(C)O[Si](C)(C)C(C)(C)C)NO3)cc2)c2ccccc2n1. The van der Waals surface area contributed by atoms with Crippen LogP contribution < -0.4 is 10.2 Å². The van der Waals surface area contributed by atoms with E-state index in [0.717, 1.165) is 39.2 Å². The molecule has 2 unspecified atom stereocenters. The predicted octanol–water partition coefficient (Wildman–Crippen LogP) is 6.99. The lowest BCUT2D eigenvalue weighted by atomic mass is 10.1. The lowest BCUT2D eigenvalue weighted by Crippen LogP contribution is -2.44. The Morgan fingerprint density at radius 1 is 1.09 bits per heavy atom. The van der Waals surface area contributed by atoms with Crippen LogP contribution in [0.3, 0.4) is 0 Å². The Morgan fingerprint density at radius 2 is 1.79 bits per heavy atom. The van der Waals surface area contributed by atoms with Crippen molar-refractivity contribution in [3.63, 3.8) is 0 Å². The van der Waals surface area contributed by atoms with Crippen LogP contribution in [0.25, 0.3) is 10.9 Å². The van der Waals surface area contributed by atoms with E-state index < -0.39 is 8.32 Å². The number of rotatable bonds is 7. The van der Waals surface area contributed by atoms with Gasteiger partial charge < -0.3 is 9.16 Å². The zero-order valence-electron chi connectivity index (χ0n) is 21.3. The molecule has 1 N–H and O–H groups in total. The number of fused-ring (bicyclic) bond motifs is 1. The average Bonchev–Trinajstić information content (AvgIpc) is 3.27. The molecule has 0 amide bonds. The number of pyridine rings is 1. The van der Waals surface area contributed by atoms with E-state index in [1.165, 1.54) is 0 Å². The fraction of sp³-hybridized carbons (Fsp3) is 0.393. The quantitative estimate of drug-likeness (QED) is 0.372. The summed E-state index contributed by atoms with van der Waals surface area (Å²) >= 11 is 0. The van der Waals surface area contributed by atoms with Gasteiger partial charge in [0.25, 0.3) is 0 Å². The molecule has 180 valence electrons. The second kappa shape index (κ2) is 9.53. The minimum Gasteiger partial charge on any atom is -0.489 e. The molecule has 0 radical (unpaired) electrons. The van der Waals surface area contributed by atoms with Crippen LogP contribution >= 0.6 is 0 Å². The number of hydrogen-bond donors (Lipinski definition) is 1. The van der Waals surface area contributed by atoms with Crippen LogP contribution in [0.4, 0.5) is 0 Å². The van der Waals surface area contributed by atoms with Gasteiger partial charge >= 0.3 is 0 Å². The van der Waals surface area contributed by atoms with E-state index in [9.17, 15) is 0 Å². The molecular weight excluding hydrogens is 440 g/mol. The Labute approximate surface area is 204 Å². The number of nitrogens with zero attached hydrogens (tertiary/aromatic N) is 1. The first kappa shape index (κ1) is 24.5. The third kappa shape index (κ3) is 5.35. The van der Waals surface area contributed by atoms with Crippen molar-refractivity contribution in [1.29, 1.82) is 0 Å². The molecule has 1 aliphatic rings. The van der Waals surface area contributed by atoms with Gasteiger partial charge in [0.15, 0.2) is 8.32 Å². The average molecular weight is 477 g/mol. The van der Waals surface area contributed by atoms with Crippen molar-refractivity contribution < 1.29 is 14.0 Å². The van der Waals surface area contributed by atoms with Gasteiger partial charge in [-0.25, -0.2) is 0 Å². The zero-order valence-corrected chi connectivity index (χ0v) is 22.3. The van der Waals surface area contributed by atoms with Crippen LogP contribution in [-0.4, -0.2) is 19.4 Å². The minimum atomic E-state index is -1.86. The van der Waals surface area contributed by atoms with E-state index in [1.807, 2.05) is 37.3 Å². The number of hydrogen-bond acceptors (Lipinski definition) is 5. The monoisotopic (exact) mass is 476 g/mol. The smallest absolute Gasteiger partial charge is 0.192 e. The van der Waals surface area contributed by atoms with Crippen LogP contribution in [-0.2, 0) is 15.9 Å². The molecule has 34 heavy (non-hydrogen) atoms. The first-order chi connectivity index (χ1) is 16.0. The van der Waals surface area contributed by atoms with E-state index >= 15 is 0 Å². The number of para-hydroxylation sites is 1. The summed E-state index contributed by atoms with van der Waals surface area (Å²) < 4.78 is 12.6. The summed E-state index contributed by atoms with van der Waals surface area (Å²) in [6.07, 6.45) is 1.92. The molecule has 1 aromatic heterocycles. The molecular formula is C28H36N2O3Si. The van der Waals surface area contributed by atoms with Gasteiger partial charge in [-0.1, -0.05) is 51.1 Å². The van der Waals surface area contributed by atoms with Crippen molar-refractivity contribution in [3.8, 4) is 5.75 Å². The summed E-state index contributed by atoms with van der Waals surface area (Å²) in [7, 11) is -1.86. The number of hydroxylamine groups is 1. The van der Waals surface area contributed by atoms with Crippen LogP contribution in [0.5, 0.6) is 5.75 Å². The third-order valence-corrected chi connectivity index (χ3v) is 11.4. The molecule has 0 spiro atoms. The number of ether oxygens (including phenoxy) is 1. The summed E-state index contributed by atoms with van der Waals surface area (Å²) in [5, 5.41) is 1.29. The van der Waals surface area contributed by atoms with Crippen molar-refractivity contribution in [3.05, 3.63) is 83.2 Å². The number of aryl methyl sites for hydroxylation is 1. The molecule has 0 bridgehead atoms. The highest BCUT2D eigenvalue weighted by Gasteiger charge is 2.39. The van der Waals surface area contributed by atoms with E-state index in [4.69, 9.17) is 14.0 Å². The van der Waals surface area contributed by atoms with E-state index in [2.05, 4.69) is 81.6 Å². The van der Waals surface area contributed by atoms with Crippen molar-refractivity contribution in [1.82, 2.24) is 10.5 Å². The highest BCUT2D eigenvalue weighted by Crippen LogP contribution is 2.38. The van der Waals surface area contributed by atoms with Gasteiger partial charge in [-0.3, -0.25) is 15.3 Å². The minimum absolute atomic E-state index is 0.0351. The number of aromatic nitrogens is 1. The molecule has 0 saturated heterocycles. The van der Waals surface area contributed by atoms with Gasteiger partial charge in [0, 0.05) is 16.6 Å². The van der Waals surface area contributed by atoms with Crippen LogP contribution in [0.1, 0.15) is 50.6 Å². The van der Waals surface area contributed by atoms with Crippen molar-refractivity contribution in [2.24, 2.45) is 0 Å². The van der Waals surface area contributed by atoms with Gasteiger partial charge in [0.2, 0.25) is 0 Å². The molecule has 2 aromatic carbocycles. The lowest BCUT2D eigenvalue weighted by molar-refractivity contribution is 0.0330. The normalized spacial score (nSPS) is 17.4. The van der Waals surface area contributed by atoms with Crippen molar-refractivity contribution in [2.45, 2.75) is 71.6 Å². The molecule has 2 heterocycles. The molecule has 0 fully saturated rings. The van der Waals surface area contributed by atoms with E-state index in [0.29, 0.717) is 6.61 Å². The molecule has 0 saturated carbocycles. The molecule has 1 aliphatic heterocycles. The predicted molar refractivity (Wildman–Crippen MR) is 140 cm³/mol. The summed E-state index contributed by atoms with van der Waals surface area (Å²) in [5.74, 6) is 0.826. The van der Waals surface area contributed by atoms with Crippen molar-refractivity contribution in [2.75, 3.05) is 0 Å². The first-order valence-electron chi connectivity index (χ1n) is 11.9. The summed E-state index contributed by atoms with van der Waals surface area (Å²) in [6.45, 7) is 15.9. The Bertz CT molecular complexity index is 1180. The largest absolute Gasteiger partial charge is 0.489 e. The molecule has 2 atom stereocenters. The second-order valence-corrected chi connectivity index (χ2v) is 15.3. The summed E-state index contributed by atoms with van der Waals surface area (Å²) in [6, 6.07) is 18.4. The lowest BCUT2D eigenvalue weighted by Gasteiger charge is -2.38. The summed E-state index contributed by atoms with van der Waals surface area (Å²) in [5.41, 5.74) is 8.26. The van der Waals surface area contributed by atoms with E-state index in [1.54, 1.807) is 0 Å². The highest BCUT2D eigenvalue weighted by molar-refractivity contribution is 6.74. The molecule has 3 aromatic rings. The Balaban J connectivity index is 1.40. The topological polar surface area (TPSA) is 52.6 Å². The van der Waals surface area contributed by atoms with Crippen molar-refractivity contribution >= 4 is 19.2 Å². The fourth-order valence-corrected chi connectivity index (χ4v) is 5.22.